The average Bonchev–Trinajstić information content (AvgIpc) is 4.14. The van der Waals surface area contributed by atoms with Crippen LogP contribution in [0.2, 0.25) is 0 Å². The van der Waals surface area contributed by atoms with Crippen molar-refractivity contribution in [1.82, 2.24) is 65.2 Å². The molecule has 0 spiro atoms. The largest absolute Gasteiger partial charge is 0.493 e. The molecule has 2 aromatic carbocycles. The maximum absolute atomic E-state index is 12.5. The molecule has 0 radical (unpaired) electrons. The summed E-state index contributed by atoms with van der Waals surface area (Å²) in [6.07, 6.45) is 20.6. The Morgan fingerprint density at radius 3 is 1.29 bits per heavy atom. The van der Waals surface area contributed by atoms with Crippen LogP contribution >= 0.6 is 0 Å². The average molecular weight is 910 g/mol. The van der Waals surface area contributed by atoms with E-state index < -0.39 is 0 Å². The number of rotatable bonds is 26. The van der Waals surface area contributed by atoms with E-state index in [0.717, 1.165) is 111 Å². The summed E-state index contributed by atoms with van der Waals surface area (Å²) in [6.45, 7) is 5.94. The van der Waals surface area contributed by atoms with Gasteiger partial charge in [-0.05, 0) is 88.5 Å². The highest BCUT2D eigenvalue weighted by Gasteiger charge is 2.19. The van der Waals surface area contributed by atoms with Crippen molar-refractivity contribution in [2.24, 2.45) is 28.2 Å². The molecule has 0 aliphatic rings. The summed E-state index contributed by atoms with van der Waals surface area (Å²) in [4.78, 5) is 29.2. The first-order valence-electron chi connectivity index (χ1n) is 22.8. The number of carbonyl (C=O) groups is 2. The second-order valence-corrected chi connectivity index (χ2v) is 16.1. The van der Waals surface area contributed by atoms with Gasteiger partial charge in [0.25, 0.3) is 11.8 Å². The smallest absolute Gasteiger partial charge is 0.251 e. The van der Waals surface area contributed by atoms with Gasteiger partial charge in [0.1, 0.15) is 47.6 Å². The Labute approximate surface area is 387 Å². The molecule has 0 fully saturated rings. The molecule has 66 heavy (non-hydrogen) atoms. The summed E-state index contributed by atoms with van der Waals surface area (Å²) in [7, 11) is 10.7. The van der Waals surface area contributed by atoms with Gasteiger partial charge in [-0.15, -0.1) is 15.3 Å². The van der Waals surface area contributed by atoms with E-state index in [9.17, 15) is 9.59 Å². The molecule has 0 aliphatic heterocycles. The SMILES string of the molecule is CCCCc1c(OCCCCc2cn(C)cn2)cc(C(=O)NC)cc1OCCCCc1cn(C)nn1.CCCCc1c(OCc2cn(C)nn2)cc(C(=O)NC)cc1OCc1cn(C)nn1. The number of benzene rings is 2. The van der Waals surface area contributed by atoms with E-state index in [1.165, 1.54) is 0 Å². The highest BCUT2D eigenvalue weighted by molar-refractivity contribution is 5.95. The number of ether oxygens (including phenoxy) is 4. The van der Waals surface area contributed by atoms with Crippen molar-refractivity contribution in [3.63, 3.8) is 0 Å². The van der Waals surface area contributed by atoms with Crippen LogP contribution in [0.15, 0.2) is 55.4 Å². The molecule has 4 heterocycles. The van der Waals surface area contributed by atoms with Crippen molar-refractivity contribution in [2.45, 2.75) is 104 Å². The standard InChI is InChI=1S/C27H40N6O3.C20H27N7O3/c1-5-6-13-24-25(35-14-9-7-11-22-18-32(3)20-29-22)16-21(27(34)28-2)17-26(24)36-15-10-8-12-23-19-33(4)31-30-23;1-5-6-7-17-18(29-12-15-10-26(3)24-22-15)8-14(20(28)21-2)9-19(17)30-13-16-11-27(4)25-23-16/h16-20H,5-15H2,1-4H3,(H,28,34);8-11H,5-7,12-13H2,1-4H3,(H,21,28). The Hall–Kier alpha value is -6.79. The first kappa shape index (κ1) is 50.2. The molecule has 0 atom stereocenters. The van der Waals surface area contributed by atoms with E-state index >= 15 is 0 Å². The van der Waals surface area contributed by atoms with Gasteiger partial charge in [-0.3, -0.25) is 23.6 Å². The lowest BCUT2D eigenvalue weighted by molar-refractivity contribution is 0.0954. The number of unbranched alkanes of at least 4 members (excludes halogenated alkanes) is 4. The Morgan fingerprint density at radius 2 is 0.924 bits per heavy atom. The summed E-state index contributed by atoms with van der Waals surface area (Å²) in [5, 5.41) is 29.5. The molecule has 2 N–H and O–H groups in total. The molecule has 0 aliphatic carbocycles. The lowest BCUT2D eigenvalue weighted by Crippen LogP contribution is -2.18. The topological polar surface area (TPSA) is 205 Å². The molecule has 0 unspecified atom stereocenters. The van der Waals surface area contributed by atoms with Crippen molar-refractivity contribution in [3.05, 3.63) is 100 Å². The fraction of sp³-hybridized carbons (Fsp3) is 0.511. The quantitative estimate of drug-likeness (QED) is 0.0613. The maximum atomic E-state index is 12.5. The third-order valence-electron chi connectivity index (χ3n) is 10.5. The number of aryl methyl sites for hydroxylation is 6. The predicted molar refractivity (Wildman–Crippen MR) is 249 cm³/mol. The van der Waals surface area contributed by atoms with Crippen LogP contribution in [0, 0.1) is 0 Å². The monoisotopic (exact) mass is 910 g/mol. The summed E-state index contributed by atoms with van der Waals surface area (Å²) in [5.41, 5.74) is 6.45. The van der Waals surface area contributed by atoms with Gasteiger partial charge in [0.2, 0.25) is 0 Å². The molecule has 0 bridgehead atoms. The van der Waals surface area contributed by atoms with Crippen LogP contribution in [0.1, 0.15) is 120 Å². The Bertz CT molecular complexity index is 2280. The van der Waals surface area contributed by atoms with Crippen LogP contribution in [-0.2, 0) is 67.1 Å². The lowest BCUT2D eigenvalue weighted by atomic mass is 10.0. The van der Waals surface area contributed by atoms with Crippen molar-refractivity contribution >= 4 is 11.8 Å². The van der Waals surface area contributed by atoms with Gasteiger partial charge in [0.05, 0.1) is 43.3 Å². The van der Waals surface area contributed by atoms with E-state index in [1.807, 2.05) is 49.5 Å². The first-order valence-corrected chi connectivity index (χ1v) is 22.8. The summed E-state index contributed by atoms with van der Waals surface area (Å²) >= 11 is 0. The van der Waals surface area contributed by atoms with E-state index in [2.05, 4.69) is 60.4 Å². The number of amides is 2. The molecule has 0 saturated carbocycles. The predicted octanol–water partition coefficient (Wildman–Crippen LogP) is 5.86. The number of nitrogens with zero attached hydrogens (tertiary/aromatic N) is 11. The molecule has 19 heteroatoms. The normalized spacial score (nSPS) is 10.9. The Kier molecular flexibility index (Phi) is 20.0. The maximum Gasteiger partial charge on any atom is 0.251 e. The van der Waals surface area contributed by atoms with Gasteiger partial charge < -0.3 is 34.1 Å². The molecule has 2 amide bonds. The zero-order valence-corrected chi connectivity index (χ0v) is 39.9. The van der Waals surface area contributed by atoms with Gasteiger partial charge in [0.15, 0.2) is 0 Å². The number of nitrogens with one attached hydrogen (secondary N) is 2. The van der Waals surface area contributed by atoms with Crippen molar-refractivity contribution in [2.75, 3.05) is 27.3 Å². The highest BCUT2D eigenvalue weighted by Crippen LogP contribution is 2.35. The highest BCUT2D eigenvalue weighted by atomic mass is 16.5. The van der Waals surface area contributed by atoms with Crippen LogP contribution in [0.5, 0.6) is 23.0 Å². The minimum Gasteiger partial charge on any atom is -0.493 e. The van der Waals surface area contributed by atoms with E-state index in [-0.39, 0.29) is 25.0 Å². The third-order valence-corrected chi connectivity index (χ3v) is 10.5. The minimum absolute atomic E-state index is 0.149. The zero-order chi connectivity index (χ0) is 47.3. The number of hydrogen-bond donors (Lipinski definition) is 2. The van der Waals surface area contributed by atoms with Crippen molar-refractivity contribution in [3.8, 4) is 23.0 Å². The molecule has 0 saturated heterocycles. The lowest BCUT2D eigenvalue weighted by Gasteiger charge is -2.18. The second-order valence-electron chi connectivity index (χ2n) is 16.1. The molecule has 4 aromatic heterocycles. The van der Waals surface area contributed by atoms with Crippen LogP contribution < -0.4 is 29.6 Å². The van der Waals surface area contributed by atoms with Crippen LogP contribution in [0.4, 0.5) is 0 Å². The van der Waals surface area contributed by atoms with E-state index in [4.69, 9.17) is 18.9 Å². The van der Waals surface area contributed by atoms with Crippen LogP contribution in [-0.4, -0.2) is 93.7 Å². The van der Waals surface area contributed by atoms with Gasteiger partial charge in [-0.2, -0.15) is 0 Å². The fourth-order valence-corrected chi connectivity index (χ4v) is 7.02. The summed E-state index contributed by atoms with van der Waals surface area (Å²) in [6, 6.07) is 7.19. The minimum atomic E-state index is -0.217. The van der Waals surface area contributed by atoms with Gasteiger partial charge in [-0.25, -0.2) is 4.98 Å². The van der Waals surface area contributed by atoms with Crippen LogP contribution in [0.3, 0.4) is 0 Å². The third kappa shape index (κ3) is 15.7. The molecule has 19 nitrogen and oxygen atoms in total. The van der Waals surface area contributed by atoms with Gasteiger partial charge in [-0.1, -0.05) is 42.3 Å². The summed E-state index contributed by atoms with van der Waals surface area (Å²) in [5.74, 6) is 2.33. The van der Waals surface area contributed by atoms with E-state index in [1.54, 1.807) is 66.8 Å². The molecule has 356 valence electrons. The van der Waals surface area contributed by atoms with Gasteiger partial charge >= 0.3 is 0 Å². The Morgan fingerprint density at radius 1 is 0.515 bits per heavy atom. The molecular weight excluding hydrogens is 843 g/mol. The number of hydrogen-bond acceptors (Lipinski definition) is 13. The van der Waals surface area contributed by atoms with Crippen molar-refractivity contribution < 1.29 is 28.5 Å². The van der Waals surface area contributed by atoms with Crippen LogP contribution in [0.25, 0.3) is 0 Å². The van der Waals surface area contributed by atoms with Gasteiger partial charge in [0, 0.05) is 76.9 Å². The molecular formula is C47H67N13O6. The van der Waals surface area contributed by atoms with Crippen molar-refractivity contribution in [1.29, 1.82) is 0 Å². The zero-order valence-electron chi connectivity index (χ0n) is 39.9. The number of carbonyl (C=O) groups excluding carboxylic acids is 2. The summed E-state index contributed by atoms with van der Waals surface area (Å²) < 4.78 is 31.5. The first-order chi connectivity index (χ1) is 32.0. The number of aromatic nitrogens is 11. The Balaban J connectivity index is 0.000000251. The molecule has 6 aromatic rings. The van der Waals surface area contributed by atoms with E-state index in [0.29, 0.717) is 47.2 Å². The molecule has 6 rings (SSSR count). The number of imidazole rings is 1. The fourth-order valence-electron chi connectivity index (χ4n) is 7.02. The second kappa shape index (κ2) is 26.2.